The maximum Gasteiger partial charge on any atom is 0.150 e. The molecule has 0 aromatic heterocycles. The Hall–Kier alpha value is -0.410. The first-order valence-electron chi connectivity index (χ1n) is 15.4. The van der Waals surface area contributed by atoms with Crippen LogP contribution >= 0.6 is 0 Å². The Kier molecular flexibility index (Phi) is 4.40. The number of piperidine rings is 2. The molecule has 2 saturated heterocycles. The van der Waals surface area contributed by atoms with Crippen LogP contribution in [0.5, 0.6) is 0 Å². The van der Waals surface area contributed by atoms with Crippen LogP contribution in [0.1, 0.15) is 104 Å². The lowest BCUT2D eigenvalue weighted by Gasteiger charge is -2.69. The number of rotatable bonds is 4. The smallest absolute Gasteiger partial charge is 0.150 e. The fourth-order valence-electron chi connectivity index (χ4n) is 12.9. The molecule has 0 spiro atoms. The third-order valence-corrected chi connectivity index (χ3v) is 13.6. The lowest BCUT2D eigenvalue weighted by atomic mass is 9.49. The van der Waals surface area contributed by atoms with E-state index in [-0.39, 0.29) is 10.8 Å². The Bertz CT molecular complexity index is 737. The standard InChI is InChI=1S/C31H48N2O/c1-3-28-17-32(30-11-21-5-22(12-30)7-23(6-21)13-30)19-29(4-2,27(28)34)20-33(18-28)31-14-24-8-25(15-31)10-26(9-24)16-31/h21-26H,3-20H2,1-2H3. The monoisotopic (exact) mass is 464 g/mol. The first kappa shape index (κ1) is 21.7. The van der Waals surface area contributed by atoms with Gasteiger partial charge in [0.05, 0.1) is 10.8 Å². The Labute approximate surface area is 207 Å². The van der Waals surface area contributed by atoms with E-state index >= 15 is 0 Å². The molecule has 0 unspecified atom stereocenters. The molecule has 10 aliphatic rings. The molecule has 0 atom stereocenters. The van der Waals surface area contributed by atoms with Crippen LogP contribution in [0.2, 0.25) is 0 Å². The van der Waals surface area contributed by atoms with Gasteiger partial charge in [-0.15, -0.1) is 0 Å². The summed E-state index contributed by atoms with van der Waals surface area (Å²) in [5.41, 5.74) is 0.663. The van der Waals surface area contributed by atoms with Crippen LogP contribution < -0.4 is 0 Å². The summed E-state index contributed by atoms with van der Waals surface area (Å²) < 4.78 is 0. The van der Waals surface area contributed by atoms with Gasteiger partial charge in [0, 0.05) is 37.3 Å². The Morgan fingerprint density at radius 3 is 1.06 bits per heavy atom. The van der Waals surface area contributed by atoms with Crippen molar-refractivity contribution < 1.29 is 4.79 Å². The first-order chi connectivity index (χ1) is 16.4. The maximum atomic E-state index is 14.4. The molecule has 10 fully saturated rings. The highest BCUT2D eigenvalue weighted by Crippen LogP contribution is 2.63. The van der Waals surface area contributed by atoms with Gasteiger partial charge in [-0.3, -0.25) is 14.6 Å². The molecule has 3 heteroatoms. The normalized spacial score (nSPS) is 58.1. The molecule has 0 aromatic rings. The summed E-state index contributed by atoms with van der Waals surface area (Å²) in [6.45, 7) is 9.06. The molecule has 188 valence electrons. The second-order valence-electron chi connectivity index (χ2n) is 15.6. The molecule has 10 rings (SSSR count). The molecule has 0 N–H and O–H groups in total. The number of ketones is 1. The number of carbonyl (C=O) groups excluding carboxylic acids is 1. The summed E-state index contributed by atoms with van der Waals surface area (Å²) in [6.07, 6.45) is 19.9. The molecule has 2 aliphatic heterocycles. The number of hydrogen-bond donors (Lipinski definition) is 0. The van der Waals surface area contributed by atoms with Crippen molar-refractivity contribution in [3.05, 3.63) is 0 Å². The Balaban J connectivity index is 1.15. The van der Waals surface area contributed by atoms with E-state index in [0.717, 1.165) is 74.5 Å². The molecule has 10 bridgehead atoms. The minimum absolute atomic E-state index is 0.112. The van der Waals surface area contributed by atoms with E-state index in [1.54, 1.807) is 0 Å². The molecule has 8 saturated carbocycles. The molecule has 0 amide bonds. The highest BCUT2D eigenvalue weighted by Gasteiger charge is 2.66. The summed E-state index contributed by atoms with van der Waals surface area (Å²) in [6, 6.07) is 0. The molecule has 3 nitrogen and oxygen atoms in total. The lowest BCUT2D eigenvalue weighted by molar-refractivity contribution is -0.197. The third kappa shape index (κ3) is 2.75. The summed E-state index contributed by atoms with van der Waals surface area (Å²) >= 11 is 0. The zero-order chi connectivity index (χ0) is 22.9. The van der Waals surface area contributed by atoms with Crippen LogP contribution in [0.15, 0.2) is 0 Å². The number of fused-ring (bicyclic) bond motifs is 2. The van der Waals surface area contributed by atoms with E-state index in [1.165, 1.54) is 77.0 Å². The molecular formula is C31H48N2O. The van der Waals surface area contributed by atoms with Gasteiger partial charge in [-0.1, -0.05) is 13.8 Å². The van der Waals surface area contributed by atoms with Crippen LogP contribution in [-0.2, 0) is 4.79 Å². The average molecular weight is 465 g/mol. The van der Waals surface area contributed by atoms with Gasteiger partial charge in [0.15, 0.2) is 0 Å². The van der Waals surface area contributed by atoms with E-state index in [1.807, 2.05) is 0 Å². The van der Waals surface area contributed by atoms with Crippen molar-refractivity contribution in [3.63, 3.8) is 0 Å². The Morgan fingerprint density at radius 1 is 0.559 bits per heavy atom. The fraction of sp³-hybridized carbons (Fsp3) is 0.968. The first-order valence-corrected chi connectivity index (χ1v) is 15.4. The Morgan fingerprint density at radius 2 is 0.824 bits per heavy atom. The predicted molar refractivity (Wildman–Crippen MR) is 135 cm³/mol. The zero-order valence-electron chi connectivity index (χ0n) is 22.0. The van der Waals surface area contributed by atoms with Gasteiger partial charge in [0.1, 0.15) is 5.78 Å². The minimum atomic E-state index is -0.112. The highest BCUT2D eigenvalue weighted by molar-refractivity contribution is 5.93. The van der Waals surface area contributed by atoms with E-state index in [9.17, 15) is 4.79 Å². The van der Waals surface area contributed by atoms with Gasteiger partial charge in [0.2, 0.25) is 0 Å². The molecule has 34 heavy (non-hydrogen) atoms. The predicted octanol–water partition coefficient (Wildman–Crippen LogP) is 5.92. The van der Waals surface area contributed by atoms with Gasteiger partial charge >= 0.3 is 0 Å². The van der Waals surface area contributed by atoms with Gasteiger partial charge in [-0.25, -0.2) is 0 Å². The van der Waals surface area contributed by atoms with Gasteiger partial charge < -0.3 is 0 Å². The summed E-state index contributed by atoms with van der Waals surface area (Å²) in [4.78, 5) is 20.4. The van der Waals surface area contributed by atoms with Crippen LogP contribution in [-0.4, -0.2) is 52.8 Å². The summed E-state index contributed by atoms with van der Waals surface area (Å²) in [5, 5.41) is 0. The van der Waals surface area contributed by atoms with Crippen molar-refractivity contribution in [2.75, 3.05) is 26.2 Å². The van der Waals surface area contributed by atoms with Gasteiger partial charge in [0.25, 0.3) is 0 Å². The van der Waals surface area contributed by atoms with Crippen molar-refractivity contribution >= 4 is 5.78 Å². The number of nitrogens with zero attached hydrogens (tertiary/aromatic N) is 2. The average Bonchev–Trinajstić information content (AvgIpc) is 2.77. The SMILES string of the molecule is CCC12CN(C34CC5CC(CC(C5)C3)C4)CC(CC)(CN(C34CC5CC(CC(C5)C3)C4)C1)C2=O. The minimum Gasteiger partial charge on any atom is -0.298 e. The van der Waals surface area contributed by atoms with Crippen LogP contribution in [0.4, 0.5) is 0 Å². The van der Waals surface area contributed by atoms with Crippen molar-refractivity contribution in [2.45, 2.75) is 115 Å². The van der Waals surface area contributed by atoms with Crippen LogP contribution in [0, 0.1) is 46.3 Å². The highest BCUT2D eigenvalue weighted by atomic mass is 16.1. The molecule has 8 aliphatic carbocycles. The van der Waals surface area contributed by atoms with Crippen molar-refractivity contribution in [1.29, 1.82) is 0 Å². The quantitative estimate of drug-likeness (QED) is 0.516. The van der Waals surface area contributed by atoms with E-state index < -0.39 is 0 Å². The molecule has 0 aromatic carbocycles. The molecule has 0 radical (unpaired) electrons. The summed E-state index contributed by atoms with van der Waals surface area (Å²) in [5.74, 6) is 6.62. The third-order valence-electron chi connectivity index (χ3n) is 13.6. The van der Waals surface area contributed by atoms with E-state index in [2.05, 4.69) is 23.6 Å². The second kappa shape index (κ2) is 6.91. The molecular weight excluding hydrogens is 416 g/mol. The van der Waals surface area contributed by atoms with Crippen LogP contribution in [0.3, 0.4) is 0 Å². The van der Waals surface area contributed by atoms with Crippen LogP contribution in [0.25, 0.3) is 0 Å². The van der Waals surface area contributed by atoms with E-state index in [4.69, 9.17) is 0 Å². The summed E-state index contributed by atoms with van der Waals surface area (Å²) in [7, 11) is 0. The van der Waals surface area contributed by atoms with Crippen molar-refractivity contribution in [2.24, 2.45) is 46.3 Å². The number of likely N-dealkylation sites (tertiary alicyclic amines) is 2. The zero-order valence-corrected chi connectivity index (χ0v) is 22.0. The largest absolute Gasteiger partial charge is 0.298 e. The van der Waals surface area contributed by atoms with Gasteiger partial charge in [-0.05, 0) is 125 Å². The second-order valence-corrected chi connectivity index (χ2v) is 15.6. The number of Topliss-reactive ketones (excluding diaryl/α,β-unsaturated/α-hetero) is 1. The van der Waals surface area contributed by atoms with Gasteiger partial charge in [-0.2, -0.15) is 0 Å². The lowest BCUT2D eigenvalue weighted by Crippen LogP contribution is -2.77. The number of carbonyl (C=O) groups is 1. The van der Waals surface area contributed by atoms with Crippen molar-refractivity contribution in [3.8, 4) is 0 Å². The fourth-order valence-corrected chi connectivity index (χ4v) is 12.9. The van der Waals surface area contributed by atoms with E-state index in [0.29, 0.717) is 16.9 Å². The maximum absolute atomic E-state index is 14.4. The topological polar surface area (TPSA) is 23.6 Å². The number of hydrogen-bond acceptors (Lipinski definition) is 3. The molecule has 2 heterocycles. The van der Waals surface area contributed by atoms with Crippen molar-refractivity contribution in [1.82, 2.24) is 9.80 Å².